The third-order valence-electron chi connectivity index (χ3n) is 5.35. The van der Waals surface area contributed by atoms with E-state index in [0.29, 0.717) is 36.8 Å². The fourth-order valence-corrected chi connectivity index (χ4v) is 4.77. The Morgan fingerprint density at radius 2 is 1.84 bits per heavy atom. The zero-order valence-electron chi connectivity index (χ0n) is 17.4. The summed E-state index contributed by atoms with van der Waals surface area (Å²) in [6.07, 6.45) is 1.77. The molecule has 9 heteroatoms. The summed E-state index contributed by atoms with van der Waals surface area (Å²) in [6.45, 7) is 6.39. The van der Waals surface area contributed by atoms with Crippen LogP contribution in [0.1, 0.15) is 24.2 Å². The first kappa shape index (κ1) is 21.5. The Kier molecular flexibility index (Phi) is 6.38. The van der Waals surface area contributed by atoms with Crippen molar-refractivity contribution in [1.82, 2.24) is 20.2 Å². The van der Waals surface area contributed by atoms with Gasteiger partial charge in [-0.1, -0.05) is 48.9 Å². The molecule has 2 aromatic heterocycles. The number of nitrogens with one attached hydrogen (secondary N) is 1. The molecular formula is C22H24ClN5O2S. The Morgan fingerprint density at radius 3 is 2.52 bits per heavy atom. The van der Waals surface area contributed by atoms with Gasteiger partial charge in [0.2, 0.25) is 5.91 Å². The van der Waals surface area contributed by atoms with Gasteiger partial charge in [0.15, 0.2) is 5.13 Å². The summed E-state index contributed by atoms with van der Waals surface area (Å²) in [5.41, 5.74) is 1.26. The number of carbonyl (C=O) groups is 2. The topological polar surface area (TPSA) is 78.4 Å². The molecule has 3 heterocycles. The number of rotatable bonds is 5. The summed E-state index contributed by atoms with van der Waals surface area (Å²) < 4.78 is 0. The van der Waals surface area contributed by atoms with E-state index < -0.39 is 6.04 Å². The summed E-state index contributed by atoms with van der Waals surface area (Å²) >= 11 is 7.71. The van der Waals surface area contributed by atoms with Gasteiger partial charge < -0.3 is 15.1 Å². The molecule has 7 nitrogen and oxygen atoms in total. The van der Waals surface area contributed by atoms with Crippen LogP contribution >= 0.6 is 22.9 Å². The zero-order valence-corrected chi connectivity index (χ0v) is 19.0. The molecule has 1 fully saturated rings. The quantitative estimate of drug-likeness (QED) is 0.634. The molecule has 31 heavy (non-hydrogen) atoms. The van der Waals surface area contributed by atoms with E-state index >= 15 is 0 Å². The van der Waals surface area contributed by atoms with Crippen LogP contribution in [0.4, 0.5) is 5.13 Å². The van der Waals surface area contributed by atoms with Gasteiger partial charge in [0, 0.05) is 32.4 Å². The van der Waals surface area contributed by atoms with Gasteiger partial charge in [0.1, 0.15) is 16.4 Å². The number of halogens is 1. The summed E-state index contributed by atoms with van der Waals surface area (Å²) in [6, 6.07) is 10.1. The highest BCUT2D eigenvalue weighted by Crippen LogP contribution is 2.27. The molecule has 1 aliphatic rings. The normalized spacial score (nSPS) is 15.4. The zero-order chi connectivity index (χ0) is 22.0. The van der Waals surface area contributed by atoms with Crippen molar-refractivity contribution in [2.45, 2.75) is 19.9 Å². The lowest BCUT2D eigenvalue weighted by Gasteiger charge is -2.37. The molecule has 3 aromatic rings. The number of amides is 2. The van der Waals surface area contributed by atoms with E-state index in [9.17, 15) is 9.59 Å². The van der Waals surface area contributed by atoms with Gasteiger partial charge in [-0.25, -0.2) is 9.97 Å². The Hall–Kier alpha value is -2.71. The van der Waals surface area contributed by atoms with Crippen LogP contribution < -0.4 is 10.2 Å². The van der Waals surface area contributed by atoms with Crippen molar-refractivity contribution in [2.24, 2.45) is 5.92 Å². The molecule has 1 N–H and O–H groups in total. The summed E-state index contributed by atoms with van der Waals surface area (Å²) in [4.78, 5) is 39.8. The molecule has 0 spiro atoms. The van der Waals surface area contributed by atoms with Crippen molar-refractivity contribution in [2.75, 3.05) is 31.1 Å². The van der Waals surface area contributed by atoms with E-state index in [4.69, 9.17) is 11.6 Å². The van der Waals surface area contributed by atoms with Gasteiger partial charge in [-0.05, 0) is 30.2 Å². The van der Waals surface area contributed by atoms with Crippen molar-refractivity contribution in [3.63, 3.8) is 0 Å². The smallest absolute Gasteiger partial charge is 0.253 e. The summed E-state index contributed by atoms with van der Waals surface area (Å²) in [5.74, 6) is -0.452. The first-order chi connectivity index (χ1) is 14.9. The van der Waals surface area contributed by atoms with Crippen LogP contribution in [0.15, 0.2) is 42.6 Å². The second-order valence-corrected chi connectivity index (χ2v) is 9.17. The first-order valence-corrected chi connectivity index (χ1v) is 11.4. The minimum Gasteiger partial charge on any atom is -0.344 e. The average molecular weight is 458 g/mol. The average Bonchev–Trinajstić information content (AvgIpc) is 3.21. The highest BCUT2D eigenvalue weighted by Gasteiger charge is 2.31. The molecule has 1 unspecified atom stereocenters. The monoisotopic (exact) mass is 457 g/mol. The molecule has 162 valence electrons. The number of hydrogen-bond donors (Lipinski definition) is 1. The number of benzene rings is 1. The summed E-state index contributed by atoms with van der Waals surface area (Å²) in [5, 5.41) is 4.18. The number of pyridine rings is 1. The van der Waals surface area contributed by atoms with Crippen molar-refractivity contribution in [1.29, 1.82) is 0 Å². The number of aromatic nitrogens is 2. The highest BCUT2D eigenvalue weighted by molar-refractivity contribution is 7.21. The lowest BCUT2D eigenvalue weighted by molar-refractivity contribution is -0.134. The molecule has 1 aromatic carbocycles. The number of piperazine rings is 1. The molecule has 0 radical (unpaired) electrons. The lowest BCUT2D eigenvalue weighted by atomic mass is 10.0. The minimum absolute atomic E-state index is 0.0488. The number of carbonyl (C=O) groups excluding carboxylic acids is 2. The van der Waals surface area contributed by atoms with E-state index in [-0.39, 0.29) is 17.7 Å². The van der Waals surface area contributed by atoms with Crippen LogP contribution in [-0.4, -0.2) is 58.9 Å². The molecule has 1 aliphatic heterocycles. The lowest BCUT2D eigenvalue weighted by Crippen LogP contribution is -2.56. The van der Waals surface area contributed by atoms with Gasteiger partial charge >= 0.3 is 0 Å². The minimum atomic E-state index is -0.609. The maximum atomic E-state index is 13.2. The van der Waals surface area contributed by atoms with E-state index in [2.05, 4.69) is 20.2 Å². The predicted molar refractivity (Wildman–Crippen MR) is 124 cm³/mol. The van der Waals surface area contributed by atoms with Gasteiger partial charge in [-0.2, -0.15) is 0 Å². The number of thiazole rings is 1. The second kappa shape index (κ2) is 9.20. The van der Waals surface area contributed by atoms with Gasteiger partial charge in [-0.15, -0.1) is 0 Å². The van der Waals surface area contributed by atoms with Crippen molar-refractivity contribution < 1.29 is 9.59 Å². The maximum absolute atomic E-state index is 13.2. The van der Waals surface area contributed by atoms with Crippen LogP contribution in [0, 0.1) is 5.92 Å². The molecule has 0 bridgehead atoms. The van der Waals surface area contributed by atoms with Crippen LogP contribution in [0.2, 0.25) is 5.02 Å². The summed E-state index contributed by atoms with van der Waals surface area (Å²) in [7, 11) is 0. The Bertz CT molecular complexity index is 1060. The number of hydrogen-bond acceptors (Lipinski definition) is 6. The molecule has 1 saturated heterocycles. The van der Waals surface area contributed by atoms with Crippen molar-refractivity contribution in [3.05, 3.63) is 53.2 Å². The fraction of sp³-hybridized carbons (Fsp3) is 0.364. The fourth-order valence-electron chi connectivity index (χ4n) is 3.59. The van der Waals surface area contributed by atoms with Gasteiger partial charge in [0.25, 0.3) is 5.91 Å². The van der Waals surface area contributed by atoms with Crippen LogP contribution in [0.5, 0.6) is 0 Å². The van der Waals surface area contributed by atoms with E-state index in [1.165, 1.54) is 0 Å². The van der Waals surface area contributed by atoms with Crippen molar-refractivity contribution >= 4 is 50.2 Å². The van der Waals surface area contributed by atoms with E-state index in [1.54, 1.807) is 41.8 Å². The Balaban J connectivity index is 1.41. The molecule has 2 amide bonds. The second-order valence-electron chi connectivity index (χ2n) is 7.81. The highest BCUT2D eigenvalue weighted by atomic mass is 35.5. The largest absolute Gasteiger partial charge is 0.344 e. The van der Waals surface area contributed by atoms with Gasteiger partial charge in [-0.3, -0.25) is 9.59 Å². The third kappa shape index (κ3) is 4.65. The van der Waals surface area contributed by atoms with Crippen LogP contribution in [0.25, 0.3) is 10.3 Å². The predicted octanol–water partition coefficient (Wildman–Crippen LogP) is 3.45. The van der Waals surface area contributed by atoms with Crippen LogP contribution in [-0.2, 0) is 4.79 Å². The number of anilines is 1. The third-order valence-corrected chi connectivity index (χ3v) is 6.72. The standard InChI is InChI=1S/C22H24ClN5O2S/c1-14(2)18(26-19(29)15-6-3-4-7-16(15)23)21(30)27-10-12-28(13-11-27)22-25-17-8-5-9-24-20(17)31-22/h3-9,14,18H,10-13H2,1-2H3,(H,26,29). The Labute approximate surface area is 190 Å². The van der Waals surface area contributed by atoms with E-state index in [1.807, 2.05) is 30.9 Å². The molecular weight excluding hydrogens is 434 g/mol. The molecule has 0 aliphatic carbocycles. The molecule has 0 saturated carbocycles. The number of nitrogens with zero attached hydrogens (tertiary/aromatic N) is 4. The SMILES string of the molecule is CC(C)C(NC(=O)c1ccccc1Cl)C(=O)N1CCN(c2nc3cccnc3s2)CC1. The van der Waals surface area contributed by atoms with Crippen molar-refractivity contribution in [3.8, 4) is 0 Å². The van der Waals surface area contributed by atoms with E-state index in [0.717, 1.165) is 15.5 Å². The molecule has 4 rings (SSSR count). The van der Waals surface area contributed by atoms with Crippen LogP contribution in [0.3, 0.4) is 0 Å². The molecule has 1 atom stereocenters. The number of fused-ring (bicyclic) bond motifs is 1. The van der Waals surface area contributed by atoms with Gasteiger partial charge in [0.05, 0.1) is 10.6 Å². The first-order valence-electron chi connectivity index (χ1n) is 10.2. The Morgan fingerprint density at radius 1 is 1.10 bits per heavy atom. The maximum Gasteiger partial charge on any atom is 0.253 e.